The van der Waals surface area contributed by atoms with Crippen LogP contribution < -0.4 is 10.6 Å². The van der Waals surface area contributed by atoms with Gasteiger partial charge in [0.15, 0.2) is 0 Å². The first-order valence-corrected chi connectivity index (χ1v) is 7.66. The lowest BCUT2D eigenvalue weighted by Crippen LogP contribution is -2.52. The molecule has 2 fully saturated rings. The van der Waals surface area contributed by atoms with Gasteiger partial charge in [0, 0.05) is 24.6 Å². The van der Waals surface area contributed by atoms with E-state index < -0.39 is 5.60 Å². The molecular weight excluding hydrogens is 236 g/mol. The monoisotopic (exact) mass is 258 g/mol. The summed E-state index contributed by atoms with van der Waals surface area (Å²) in [4.78, 5) is 11.9. The first-order chi connectivity index (χ1) is 8.20. The Hall–Kier alpha value is -0.260. The fourth-order valence-electron chi connectivity index (χ4n) is 2.50. The molecule has 2 rings (SSSR count). The first kappa shape index (κ1) is 13.2. The summed E-state index contributed by atoms with van der Waals surface area (Å²) < 4.78 is 0. The van der Waals surface area contributed by atoms with E-state index in [9.17, 15) is 9.90 Å². The summed E-state index contributed by atoms with van der Waals surface area (Å²) in [6, 6.07) is -0.0825. The number of amides is 1. The van der Waals surface area contributed by atoms with Crippen LogP contribution in [-0.2, 0) is 4.79 Å². The summed E-state index contributed by atoms with van der Waals surface area (Å²) in [5, 5.41) is 16.4. The molecule has 1 aliphatic heterocycles. The third-order valence-corrected chi connectivity index (χ3v) is 4.68. The lowest BCUT2D eigenvalue weighted by atomic mass is 9.85. The molecule has 0 spiro atoms. The maximum absolute atomic E-state index is 11.9. The molecule has 1 heterocycles. The summed E-state index contributed by atoms with van der Waals surface area (Å²) in [5.74, 6) is 1.95. The maximum Gasteiger partial charge on any atom is 0.238 e. The molecule has 1 unspecified atom stereocenters. The van der Waals surface area contributed by atoms with Gasteiger partial charge in [-0.05, 0) is 12.8 Å². The molecule has 3 N–H and O–H groups in total. The molecule has 1 saturated heterocycles. The summed E-state index contributed by atoms with van der Waals surface area (Å²) in [7, 11) is 0. The Balaban J connectivity index is 1.74. The van der Waals surface area contributed by atoms with E-state index in [1.807, 2.05) is 0 Å². The minimum atomic E-state index is -0.657. The molecule has 1 aliphatic carbocycles. The lowest BCUT2D eigenvalue weighted by molar-refractivity contribution is -0.124. The molecule has 17 heavy (non-hydrogen) atoms. The molecular formula is C12H22N2O2S. The molecule has 98 valence electrons. The van der Waals surface area contributed by atoms with Gasteiger partial charge in [-0.1, -0.05) is 19.3 Å². The Bertz CT molecular complexity index is 261. The normalized spacial score (nSPS) is 28.6. The summed E-state index contributed by atoms with van der Waals surface area (Å²) >= 11 is 1.81. The molecule has 1 saturated carbocycles. The number of aliphatic hydroxyl groups is 1. The number of hydrogen-bond acceptors (Lipinski definition) is 4. The van der Waals surface area contributed by atoms with Crippen LogP contribution in [0.25, 0.3) is 0 Å². The van der Waals surface area contributed by atoms with Crippen LogP contribution in [0.1, 0.15) is 32.1 Å². The first-order valence-electron chi connectivity index (χ1n) is 6.51. The fourth-order valence-corrected chi connectivity index (χ4v) is 3.43. The second-order valence-corrected chi connectivity index (χ2v) is 6.23. The number of rotatable bonds is 3. The summed E-state index contributed by atoms with van der Waals surface area (Å²) in [5.41, 5.74) is -0.657. The molecule has 4 nitrogen and oxygen atoms in total. The zero-order valence-electron chi connectivity index (χ0n) is 10.2. The van der Waals surface area contributed by atoms with Gasteiger partial charge in [0.25, 0.3) is 0 Å². The van der Waals surface area contributed by atoms with Crippen LogP contribution in [0.5, 0.6) is 0 Å². The SMILES string of the molecule is O=C(NCC1(O)CCCCC1)C1CSCCN1. The van der Waals surface area contributed by atoms with Gasteiger partial charge in [0.2, 0.25) is 5.91 Å². The van der Waals surface area contributed by atoms with Crippen molar-refractivity contribution in [3.05, 3.63) is 0 Å². The van der Waals surface area contributed by atoms with Gasteiger partial charge in [0.05, 0.1) is 11.6 Å². The van der Waals surface area contributed by atoms with Crippen LogP contribution in [0.3, 0.4) is 0 Å². The van der Waals surface area contributed by atoms with Crippen molar-refractivity contribution in [2.45, 2.75) is 43.7 Å². The van der Waals surface area contributed by atoms with Crippen molar-refractivity contribution in [3.63, 3.8) is 0 Å². The largest absolute Gasteiger partial charge is 0.388 e. The Kier molecular flexibility index (Phi) is 4.70. The van der Waals surface area contributed by atoms with E-state index in [0.29, 0.717) is 6.54 Å². The van der Waals surface area contributed by atoms with Crippen molar-refractivity contribution in [2.75, 3.05) is 24.6 Å². The average Bonchev–Trinajstić information content (AvgIpc) is 2.38. The van der Waals surface area contributed by atoms with Crippen molar-refractivity contribution in [3.8, 4) is 0 Å². The van der Waals surface area contributed by atoms with E-state index in [1.54, 1.807) is 11.8 Å². The van der Waals surface area contributed by atoms with Gasteiger partial charge in [-0.3, -0.25) is 4.79 Å². The second kappa shape index (κ2) is 6.07. The standard InChI is InChI=1S/C12H22N2O2S/c15-11(10-8-17-7-6-13-10)14-9-12(16)4-2-1-3-5-12/h10,13,16H,1-9H2,(H,14,15). The van der Waals surface area contributed by atoms with Crippen LogP contribution in [0.4, 0.5) is 0 Å². The highest BCUT2D eigenvalue weighted by Gasteiger charge is 2.30. The van der Waals surface area contributed by atoms with Crippen LogP contribution in [0, 0.1) is 0 Å². The highest BCUT2D eigenvalue weighted by atomic mass is 32.2. The average molecular weight is 258 g/mol. The number of hydrogen-bond donors (Lipinski definition) is 3. The number of carbonyl (C=O) groups is 1. The highest BCUT2D eigenvalue weighted by Crippen LogP contribution is 2.27. The lowest BCUT2D eigenvalue weighted by Gasteiger charge is -2.33. The Labute approximate surface area is 107 Å². The Morgan fingerprint density at radius 3 is 2.82 bits per heavy atom. The smallest absolute Gasteiger partial charge is 0.238 e. The van der Waals surface area contributed by atoms with E-state index in [2.05, 4.69) is 10.6 Å². The fraction of sp³-hybridized carbons (Fsp3) is 0.917. The third kappa shape index (κ3) is 3.86. The minimum absolute atomic E-state index is 0.0381. The third-order valence-electron chi connectivity index (χ3n) is 3.61. The topological polar surface area (TPSA) is 61.4 Å². The number of thioether (sulfide) groups is 1. The van der Waals surface area contributed by atoms with Gasteiger partial charge in [-0.2, -0.15) is 11.8 Å². The van der Waals surface area contributed by atoms with Gasteiger partial charge in [0.1, 0.15) is 0 Å². The number of carbonyl (C=O) groups excluding carboxylic acids is 1. The van der Waals surface area contributed by atoms with Gasteiger partial charge in [-0.15, -0.1) is 0 Å². The second-order valence-electron chi connectivity index (χ2n) is 5.08. The highest BCUT2D eigenvalue weighted by molar-refractivity contribution is 7.99. The van der Waals surface area contributed by atoms with Gasteiger partial charge < -0.3 is 15.7 Å². The summed E-state index contributed by atoms with van der Waals surface area (Å²) in [6.45, 7) is 1.31. The van der Waals surface area contributed by atoms with Crippen LogP contribution in [0.15, 0.2) is 0 Å². The van der Waals surface area contributed by atoms with Crippen LogP contribution in [0.2, 0.25) is 0 Å². The molecule has 0 aromatic carbocycles. The number of nitrogens with one attached hydrogen (secondary N) is 2. The quantitative estimate of drug-likeness (QED) is 0.690. The van der Waals surface area contributed by atoms with Crippen LogP contribution >= 0.6 is 11.8 Å². The molecule has 5 heteroatoms. The van der Waals surface area contributed by atoms with E-state index in [1.165, 1.54) is 6.42 Å². The van der Waals surface area contributed by atoms with Gasteiger partial charge in [-0.25, -0.2) is 0 Å². The van der Waals surface area contributed by atoms with E-state index in [0.717, 1.165) is 43.7 Å². The summed E-state index contributed by atoms with van der Waals surface area (Å²) in [6.07, 6.45) is 4.99. The van der Waals surface area contributed by atoms with Crippen molar-refractivity contribution < 1.29 is 9.90 Å². The molecule has 0 radical (unpaired) electrons. The van der Waals surface area contributed by atoms with Crippen molar-refractivity contribution >= 4 is 17.7 Å². The molecule has 1 atom stereocenters. The molecule has 0 bridgehead atoms. The van der Waals surface area contributed by atoms with Crippen molar-refractivity contribution in [1.29, 1.82) is 0 Å². The Morgan fingerprint density at radius 2 is 2.18 bits per heavy atom. The van der Waals surface area contributed by atoms with Crippen molar-refractivity contribution in [2.24, 2.45) is 0 Å². The van der Waals surface area contributed by atoms with E-state index >= 15 is 0 Å². The zero-order valence-corrected chi connectivity index (χ0v) is 11.0. The van der Waals surface area contributed by atoms with Gasteiger partial charge >= 0.3 is 0 Å². The predicted octanol–water partition coefficient (Wildman–Crippen LogP) is 0.503. The minimum Gasteiger partial charge on any atom is -0.388 e. The zero-order chi connectivity index (χ0) is 12.1. The Morgan fingerprint density at radius 1 is 1.41 bits per heavy atom. The molecule has 0 aromatic rings. The molecule has 0 aromatic heterocycles. The van der Waals surface area contributed by atoms with Crippen molar-refractivity contribution in [1.82, 2.24) is 10.6 Å². The molecule has 1 amide bonds. The van der Waals surface area contributed by atoms with E-state index in [4.69, 9.17) is 0 Å². The molecule has 2 aliphatic rings. The van der Waals surface area contributed by atoms with Crippen LogP contribution in [-0.4, -0.2) is 47.3 Å². The maximum atomic E-state index is 11.9. The van der Waals surface area contributed by atoms with E-state index in [-0.39, 0.29) is 11.9 Å². The predicted molar refractivity (Wildman–Crippen MR) is 70.2 cm³/mol.